The van der Waals surface area contributed by atoms with Crippen LogP contribution in [-0.2, 0) is 4.79 Å². The Morgan fingerprint density at radius 3 is 2.78 bits per heavy atom. The number of hydrogen-bond acceptors (Lipinski definition) is 4. The summed E-state index contributed by atoms with van der Waals surface area (Å²) in [5.74, 6) is 0.293. The molecule has 1 fully saturated rings. The topological polar surface area (TPSA) is 44.7 Å². The third-order valence-corrected chi connectivity index (χ3v) is 7.90. The van der Waals surface area contributed by atoms with Crippen LogP contribution < -0.4 is 10.2 Å². The normalized spacial score (nSPS) is 22.4. The highest BCUT2D eigenvalue weighted by Gasteiger charge is 2.36. The van der Waals surface area contributed by atoms with Crippen molar-refractivity contribution in [3.05, 3.63) is 62.0 Å². The number of amides is 1. The Morgan fingerprint density at radius 2 is 2.06 bits per heavy atom. The van der Waals surface area contributed by atoms with Gasteiger partial charge in [0.05, 0.1) is 20.6 Å². The Labute approximate surface area is 204 Å². The molecule has 7 heteroatoms. The molecule has 2 aromatic carbocycles. The molecule has 168 valence electrons. The van der Waals surface area contributed by atoms with Crippen molar-refractivity contribution in [2.24, 2.45) is 4.99 Å². The van der Waals surface area contributed by atoms with E-state index in [1.54, 1.807) is 18.2 Å². The number of benzene rings is 2. The van der Waals surface area contributed by atoms with E-state index in [-0.39, 0.29) is 11.4 Å². The molecule has 1 atom stereocenters. The van der Waals surface area contributed by atoms with Crippen molar-refractivity contribution >= 4 is 63.5 Å². The van der Waals surface area contributed by atoms with Gasteiger partial charge in [-0.25, -0.2) is 4.99 Å². The van der Waals surface area contributed by atoms with E-state index >= 15 is 0 Å². The minimum atomic E-state index is -0.159. The number of rotatable bonds is 3. The number of carbonyl (C=O) groups is 1. The van der Waals surface area contributed by atoms with Crippen molar-refractivity contribution in [3.8, 4) is 0 Å². The summed E-state index contributed by atoms with van der Waals surface area (Å²) in [6, 6.07) is 9.77. The van der Waals surface area contributed by atoms with Crippen molar-refractivity contribution in [1.82, 2.24) is 5.32 Å². The van der Waals surface area contributed by atoms with Gasteiger partial charge in [0, 0.05) is 17.8 Å². The molecule has 2 heterocycles. The molecule has 1 saturated heterocycles. The molecule has 2 aromatic rings. The molecule has 1 N–H and O–H groups in total. The maximum absolute atomic E-state index is 12.6. The molecule has 0 unspecified atom stereocenters. The molecular formula is C25H27Cl2N3OS. The summed E-state index contributed by atoms with van der Waals surface area (Å²) in [6.07, 6.45) is 3.06. The van der Waals surface area contributed by atoms with Gasteiger partial charge in [-0.05, 0) is 98.8 Å². The van der Waals surface area contributed by atoms with Gasteiger partial charge in [0.25, 0.3) is 5.91 Å². The first-order chi connectivity index (χ1) is 15.1. The Balaban J connectivity index is 1.68. The maximum Gasteiger partial charge on any atom is 0.264 e. The highest BCUT2D eigenvalue weighted by atomic mass is 35.5. The first-order valence-electron chi connectivity index (χ1n) is 10.8. The third kappa shape index (κ3) is 4.30. The van der Waals surface area contributed by atoms with Crippen LogP contribution in [0.5, 0.6) is 0 Å². The number of halogens is 2. The van der Waals surface area contributed by atoms with E-state index in [1.807, 2.05) is 6.08 Å². The number of nitrogens with one attached hydrogen (secondary N) is 1. The van der Waals surface area contributed by atoms with E-state index < -0.39 is 0 Å². The molecule has 1 amide bonds. The summed E-state index contributed by atoms with van der Waals surface area (Å²) in [5, 5.41) is 4.13. The predicted octanol–water partition coefficient (Wildman–Crippen LogP) is 7.31. The molecular weight excluding hydrogens is 461 g/mol. The zero-order chi connectivity index (χ0) is 23.2. The summed E-state index contributed by atoms with van der Waals surface area (Å²) < 4.78 is 0. The Bertz CT molecular complexity index is 1160. The minimum Gasteiger partial charge on any atom is -0.366 e. The lowest BCUT2D eigenvalue weighted by atomic mass is 9.79. The van der Waals surface area contributed by atoms with Crippen LogP contribution in [0.1, 0.15) is 56.7 Å². The lowest BCUT2D eigenvalue weighted by molar-refractivity contribution is -0.115. The number of nitrogens with zero attached hydrogens (tertiary/aromatic N) is 2. The molecule has 0 aromatic heterocycles. The van der Waals surface area contributed by atoms with Gasteiger partial charge in [-0.2, -0.15) is 0 Å². The molecule has 2 aliphatic heterocycles. The van der Waals surface area contributed by atoms with Gasteiger partial charge >= 0.3 is 0 Å². The van der Waals surface area contributed by atoms with Crippen LogP contribution in [0.2, 0.25) is 10.0 Å². The van der Waals surface area contributed by atoms with Crippen LogP contribution in [-0.4, -0.2) is 23.2 Å². The van der Waals surface area contributed by atoms with Crippen molar-refractivity contribution < 1.29 is 4.79 Å². The van der Waals surface area contributed by atoms with Gasteiger partial charge in [-0.1, -0.05) is 36.2 Å². The van der Waals surface area contributed by atoms with Crippen LogP contribution in [0, 0.1) is 6.92 Å². The number of amidine groups is 1. The summed E-state index contributed by atoms with van der Waals surface area (Å²) >= 11 is 13.6. The quantitative estimate of drug-likeness (QED) is 0.461. The SMILES string of the molecule is CCN1c2cc(C)c(/C=C3\SC(=Nc4cccc(Cl)c4Cl)NC3=O)cc2[C@@H](C)CC1(C)C. The van der Waals surface area contributed by atoms with E-state index in [4.69, 9.17) is 23.2 Å². The molecule has 4 nitrogen and oxygen atoms in total. The summed E-state index contributed by atoms with van der Waals surface area (Å²) in [5.41, 5.74) is 5.51. The second-order valence-electron chi connectivity index (χ2n) is 8.98. The zero-order valence-corrected chi connectivity index (χ0v) is 21.3. The molecule has 4 rings (SSSR count). The monoisotopic (exact) mass is 487 g/mol. The van der Waals surface area contributed by atoms with Crippen LogP contribution in [0.4, 0.5) is 11.4 Å². The average molecular weight is 488 g/mol. The zero-order valence-electron chi connectivity index (χ0n) is 18.9. The fourth-order valence-corrected chi connectivity index (χ4v) is 5.88. The maximum atomic E-state index is 12.6. The van der Waals surface area contributed by atoms with E-state index in [9.17, 15) is 4.79 Å². The van der Waals surface area contributed by atoms with Crippen molar-refractivity contribution in [2.45, 2.75) is 52.5 Å². The third-order valence-electron chi connectivity index (χ3n) is 6.18. The van der Waals surface area contributed by atoms with Gasteiger partial charge < -0.3 is 10.2 Å². The predicted molar refractivity (Wildman–Crippen MR) is 139 cm³/mol. The molecule has 0 spiro atoms. The lowest BCUT2D eigenvalue weighted by Gasteiger charge is -2.47. The Kier molecular flexibility index (Phi) is 6.36. The molecule has 2 aliphatic rings. The van der Waals surface area contributed by atoms with Crippen LogP contribution >= 0.6 is 35.0 Å². The van der Waals surface area contributed by atoms with Gasteiger partial charge in [0.15, 0.2) is 5.17 Å². The molecule has 32 heavy (non-hydrogen) atoms. The fourth-order valence-electron chi connectivity index (χ4n) is 4.71. The first-order valence-corrected chi connectivity index (χ1v) is 12.3. The van der Waals surface area contributed by atoms with E-state index in [1.165, 1.54) is 23.0 Å². The van der Waals surface area contributed by atoms with Crippen molar-refractivity contribution in [2.75, 3.05) is 11.4 Å². The molecule has 0 saturated carbocycles. The smallest absolute Gasteiger partial charge is 0.264 e. The number of fused-ring (bicyclic) bond motifs is 1. The van der Waals surface area contributed by atoms with Crippen LogP contribution in [0.15, 0.2) is 40.2 Å². The number of hydrogen-bond donors (Lipinski definition) is 1. The number of thioether (sulfide) groups is 1. The summed E-state index contributed by atoms with van der Waals surface area (Å²) in [6.45, 7) is 12.2. The van der Waals surface area contributed by atoms with Crippen molar-refractivity contribution in [3.63, 3.8) is 0 Å². The highest BCUT2D eigenvalue weighted by Crippen LogP contribution is 2.44. The van der Waals surface area contributed by atoms with Crippen molar-refractivity contribution in [1.29, 1.82) is 0 Å². The lowest BCUT2D eigenvalue weighted by Crippen LogP contribution is -2.48. The number of aliphatic imine (C=N–C) groups is 1. The second-order valence-corrected chi connectivity index (χ2v) is 10.8. The number of carbonyl (C=O) groups excluding carboxylic acids is 1. The largest absolute Gasteiger partial charge is 0.366 e. The molecule has 0 aliphatic carbocycles. The standard InChI is InChI=1S/C25H27Cl2N3OS/c1-6-30-20-10-14(2)16(11-17(20)15(3)13-25(30,4)5)12-21-23(31)29-24(32-21)28-19-9-7-8-18(26)22(19)27/h7-12,15H,6,13H2,1-5H3,(H,28,29,31)/b21-12-/t15-/m0/s1. The highest BCUT2D eigenvalue weighted by molar-refractivity contribution is 8.18. The van der Waals surface area contributed by atoms with E-state index in [0.29, 0.717) is 31.7 Å². The van der Waals surface area contributed by atoms with Gasteiger partial charge in [-0.3, -0.25) is 4.79 Å². The van der Waals surface area contributed by atoms with Gasteiger partial charge in [0.1, 0.15) is 0 Å². The van der Waals surface area contributed by atoms with E-state index in [0.717, 1.165) is 24.1 Å². The molecule has 0 radical (unpaired) electrons. The Morgan fingerprint density at radius 1 is 1.31 bits per heavy atom. The van der Waals surface area contributed by atoms with E-state index in [2.05, 4.69) is 62.0 Å². The summed E-state index contributed by atoms with van der Waals surface area (Å²) in [7, 11) is 0. The second kappa shape index (κ2) is 8.77. The minimum absolute atomic E-state index is 0.127. The molecule has 0 bridgehead atoms. The number of aryl methyl sites for hydroxylation is 1. The number of anilines is 1. The fraction of sp³-hybridized carbons (Fsp3) is 0.360. The van der Waals surface area contributed by atoms with Gasteiger partial charge in [0.2, 0.25) is 0 Å². The first kappa shape index (κ1) is 23.2. The van der Waals surface area contributed by atoms with Crippen LogP contribution in [0.3, 0.4) is 0 Å². The van der Waals surface area contributed by atoms with Crippen LogP contribution in [0.25, 0.3) is 6.08 Å². The van der Waals surface area contributed by atoms with Gasteiger partial charge in [-0.15, -0.1) is 0 Å². The average Bonchev–Trinajstić information content (AvgIpc) is 3.05. The summed E-state index contributed by atoms with van der Waals surface area (Å²) in [4.78, 5) is 20.2. The Hall–Kier alpha value is -1.95.